The Morgan fingerprint density at radius 2 is 2.22 bits per heavy atom. The molecule has 0 bridgehead atoms. The minimum Gasteiger partial charge on any atom is -0.462 e. The van der Waals surface area contributed by atoms with Crippen molar-refractivity contribution < 1.29 is 13.9 Å². The zero-order chi connectivity index (χ0) is 13.1. The largest absolute Gasteiger partial charge is 0.462 e. The molecule has 0 atom stereocenters. The Balaban J connectivity index is 2.58. The monoisotopic (exact) mass is 242 g/mol. The van der Waals surface area contributed by atoms with Crippen molar-refractivity contribution in [3.05, 3.63) is 45.8 Å². The normalized spacial score (nSPS) is 10.0. The summed E-state index contributed by atoms with van der Waals surface area (Å²) in [5.74, 6) is 1.82. The Morgan fingerprint density at radius 3 is 2.89 bits per heavy atom. The van der Waals surface area contributed by atoms with Crippen molar-refractivity contribution in [1.82, 2.24) is 0 Å². The molecule has 2 aromatic rings. The van der Waals surface area contributed by atoms with Crippen molar-refractivity contribution in [2.75, 3.05) is 6.61 Å². The van der Waals surface area contributed by atoms with E-state index in [4.69, 9.17) is 15.6 Å². The SMILES string of the molecule is C#Cc1cc2cc(C(=O)OCC)ccc2oc1=O. The molecule has 4 nitrogen and oxygen atoms in total. The van der Waals surface area contributed by atoms with Crippen LogP contribution in [0, 0.1) is 12.3 Å². The molecule has 0 unspecified atom stereocenters. The lowest BCUT2D eigenvalue weighted by atomic mass is 10.1. The molecule has 0 saturated carbocycles. The maximum atomic E-state index is 11.6. The number of hydrogen-bond donors (Lipinski definition) is 0. The van der Waals surface area contributed by atoms with Crippen LogP contribution in [0.15, 0.2) is 33.5 Å². The second-order valence-corrected chi connectivity index (χ2v) is 3.56. The predicted octanol–water partition coefficient (Wildman–Crippen LogP) is 1.95. The van der Waals surface area contributed by atoms with Gasteiger partial charge in [-0.3, -0.25) is 0 Å². The molecular formula is C14H10O4. The van der Waals surface area contributed by atoms with E-state index in [1.807, 2.05) is 0 Å². The van der Waals surface area contributed by atoms with Crippen molar-refractivity contribution in [3.63, 3.8) is 0 Å². The Morgan fingerprint density at radius 1 is 1.44 bits per heavy atom. The number of terminal acetylenes is 1. The van der Waals surface area contributed by atoms with Crippen LogP contribution in [0.3, 0.4) is 0 Å². The summed E-state index contributed by atoms with van der Waals surface area (Å²) >= 11 is 0. The van der Waals surface area contributed by atoms with Crippen LogP contribution in [0.2, 0.25) is 0 Å². The summed E-state index contributed by atoms with van der Waals surface area (Å²) in [7, 11) is 0. The van der Waals surface area contributed by atoms with Gasteiger partial charge in [0.1, 0.15) is 11.1 Å². The molecule has 1 aromatic carbocycles. The smallest absolute Gasteiger partial charge is 0.352 e. The van der Waals surface area contributed by atoms with Crippen LogP contribution in [-0.4, -0.2) is 12.6 Å². The standard InChI is InChI=1S/C14H10O4/c1-3-9-7-11-8-10(13(15)17-4-2)5-6-12(11)18-14(9)16/h1,5-8H,4H2,2H3. The van der Waals surface area contributed by atoms with E-state index < -0.39 is 11.6 Å². The van der Waals surface area contributed by atoms with E-state index in [-0.39, 0.29) is 5.56 Å². The third-order valence-electron chi connectivity index (χ3n) is 2.40. The van der Waals surface area contributed by atoms with Gasteiger partial charge < -0.3 is 9.15 Å². The third-order valence-corrected chi connectivity index (χ3v) is 2.40. The third kappa shape index (κ3) is 2.11. The number of ether oxygens (including phenoxy) is 1. The number of hydrogen-bond acceptors (Lipinski definition) is 4. The van der Waals surface area contributed by atoms with E-state index in [9.17, 15) is 9.59 Å². The zero-order valence-corrected chi connectivity index (χ0v) is 9.73. The van der Waals surface area contributed by atoms with Crippen molar-refractivity contribution in [1.29, 1.82) is 0 Å². The summed E-state index contributed by atoms with van der Waals surface area (Å²) in [6.45, 7) is 2.03. The summed E-state index contributed by atoms with van der Waals surface area (Å²) in [5, 5.41) is 0.591. The molecule has 0 saturated heterocycles. The molecule has 0 spiro atoms. The van der Waals surface area contributed by atoms with E-state index >= 15 is 0 Å². The minimum atomic E-state index is -0.561. The lowest BCUT2D eigenvalue weighted by Crippen LogP contribution is -2.06. The van der Waals surface area contributed by atoms with Gasteiger partial charge in [-0.2, -0.15) is 0 Å². The van der Waals surface area contributed by atoms with Crippen LogP contribution in [0.1, 0.15) is 22.8 Å². The number of carbonyl (C=O) groups excluding carboxylic acids is 1. The summed E-state index contributed by atoms with van der Waals surface area (Å²) in [6, 6.07) is 6.18. The summed E-state index contributed by atoms with van der Waals surface area (Å²) in [6.07, 6.45) is 5.19. The van der Waals surface area contributed by atoms with Gasteiger partial charge in [0.15, 0.2) is 0 Å². The lowest BCUT2D eigenvalue weighted by molar-refractivity contribution is 0.0526. The van der Waals surface area contributed by atoms with Gasteiger partial charge in [0, 0.05) is 5.39 Å². The van der Waals surface area contributed by atoms with Gasteiger partial charge in [-0.05, 0) is 31.2 Å². The Hall–Kier alpha value is -2.54. The Kier molecular flexibility index (Phi) is 3.16. The molecule has 18 heavy (non-hydrogen) atoms. The van der Waals surface area contributed by atoms with E-state index in [1.165, 1.54) is 6.07 Å². The molecule has 0 aliphatic carbocycles. The number of fused-ring (bicyclic) bond motifs is 1. The van der Waals surface area contributed by atoms with Gasteiger partial charge >= 0.3 is 11.6 Å². The van der Waals surface area contributed by atoms with Crippen LogP contribution < -0.4 is 5.63 Å². The first kappa shape index (κ1) is 11.9. The highest BCUT2D eigenvalue weighted by atomic mass is 16.5. The van der Waals surface area contributed by atoms with Crippen molar-refractivity contribution >= 4 is 16.9 Å². The molecule has 0 amide bonds. The van der Waals surface area contributed by atoms with Crippen molar-refractivity contribution in [2.45, 2.75) is 6.92 Å². The van der Waals surface area contributed by atoms with Crippen LogP contribution in [-0.2, 0) is 4.74 Å². The first-order valence-corrected chi connectivity index (χ1v) is 5.37. The fourth-order valence-electron chi connectivity index (χ4n) is 1.57. The van der Waals surface area contributed by atoms with Crippen molar-refractivity contribution in [3.8, 4) is 12.3 Å². The molecule has 0 radical (unpaired) electrons. The van der Waals surface area contributed by atoms with Gasteiger partial charge in [-0.25, -0.2) is 9.59 Å². The zero-order valence-electron chi connectivity index (χ0n) is 9.73. The lowest BCUT2D eigenvalue weighted by Gasteiger charge is -2.03. The molecule has 1 heterocycles. The Labute approximate surface area is 103 Å². The number of benzene rings is 1. The number of esters is 1. The molecule has 0 aliphatic heterocycles. The maximum Gasteiger partial charge on any atom is 0.352 e. The minimum absolute atomic E-state index is 0.128. The molecule has 0 aliphatic rings. The number of carbonyl (C=O) groups is 1. The fraction of sp³-hybridized carbons (Fsp3) is 0.143. The topological polar surface area (TPSA) is 56.5 Å². The number of rotatable bonds is 2. The first-order chi connectivity index (χ1) is 8.65. The first-order valence-electron chi connectivity index (χ1n) is 5.37. The van der Waals surface area contributed by atoms with Gasteiger partial charge in [-0.15, -0.1) is 6.42 Å². The van der Waals surface area contributed by atoms with Gasteiger partial charge in [0.05, 0.1) is 12.2 Å². The summed E-state index contributed by atoms with van der Waals surface area (Å²) in [4.78, 5) is 22.9. The quantitative estimate of drug-likeness (QED) is 0.459. The molecule has 90 valence electrons. The van der Waals surface area contributed by atoms with Crippen molar-refractivity contribution in [2.24, 2.45) is 0 Å². The van der Waals surface area contributed by atoms with Crippen LogP contribution in [0.25, 0.3) is 11.0 Å². The summed E-state index contributed by atoms with van der Waals surface area (Å²) < 4.78 is 9.91. The van der Waals surface area contributed by atoms with E-state index in [0.29, 0.717) is 23.1 Å². The highest BCUT2D eigenvalue weighted by Crippen LogP contribution is 2.16. The predicted molar refractivity (Wildman–Crippen MR) is 66.4 cm³/mol. The van der Waals surface area contributed by atoms with Crippen LogP contribution in [0.4, 0.5) is 0 Å². The van der Waals surface area contributed by atoms with Gasteiger partial charge in [-0.1, -0.05) is 5.92 Å². The molecule has 2 rings (SSSR count). The highest BCUT2D eigenvalue weighted by Gasteiger charge is 2.09. The van der Waals surface area contributed by atoms with Crippen LogP contribution >= 0.6 is 0 Å². The average Bonchev–Trinajstić information content (AvgIpc) is 2.37. The maximum absolute atomic E-state index is 11.6. The highest BCUT2D eigenvalue weighted by molar-refractivity contribution is 5.94. The molecule has 0 fully saturated rings. The second kappa shape index (κ2) is 4.76. The second-order valence-electron chi connectivity index (χ2n) is 3.56. The van der Waals surface area contributed by atoms with Gasteiger partial charge in [0.2, 0.25) is 0 Å². The van der Waals surface area contributed by atoms with Gasteiger partial charge in [0.25, 0.3) is 0 Å². The van der Waals surface area contributed by atoms with E-state index in [0.717, 1.165) is 0 Å². The summed E-state index contributed by atoms with van der Waals surface area (Å²) in [5.41, 5.74) is 0.339. The molecular weight excluding hydrogens is 232 g/mol. The van der Waals surface area contributed by atoms with Crippen LogP contribution in [0.5, 0.6) is 0 Å². The van der Waals surface area contributed by atoms with E-state index in [2.05, 4.69) is 5.92 Å². The average molecular weight is 242 g/mol. The molecule has 1 aromatic heterocycles. The fourth-order valence-corrected chi connectivity index (χ4v) is 1.57. The van der Waals surface area contributed by atoms with E-state index in [1.54, 1.807) is 25.1 Å². The Bertz CT molecular complexity index is 704. The molecule has 0 N–H and O–H groups in total. The molecule has 4 heteroatoms.